The molecule has 0 radical (unpaired) electrons. The van der Waals surface area contributed by atoms with Crippen LogP contribution >= 0.6 is 11.6 Å². The van der Waals surface area contributed by atoms with Crippen molar-refractivity contribution >= 4 is 72.8 Å². The molecule has 2 aliphatic heterocycles. The zero-order valence-electron chi connectivity index (χ0n) is 36.2. The molecule has 9 rings (SSSR count). The molecule has 2 saturated heterocycles. The van der Waals surface area contributed by atoms with E-state index in [2.05, 4.69) is 30.1 Å². The van der Waals surface area contributed by atoms with Crippen molar-refractivity contribution in [3.05, 3.63) is 80.1 Å². The first kappa shape index (κ1) is 44.1. The van der Waals surface area contributed by atoms with Crippen LogP contribution in [0.2, 0.25) is 5.02 Å². The number of benzene rings is 2. The minimum Gasteiger partial charge on any atom is -0.377 e. The highest BCUT2D eigenvalue weighted by molar-refractivity contribution is 7.89. The molecule has 64 heavy (non-hydrogen) atoms. The van der Waals surface area contributed by atoms with Gasteiger partial charge in [0.15, 0.2) is 0 Å². The number of nitrogens with one attached hydrogen (secondary N) is 3. The quantitative estimate of drug-likeness (QED) is 0.107. The average molecular weight is 916 g/mol. The van der Waals surface area contributed by atoms with Crippen LogP contribution in [0.3, 0.4) is 0 Å². The van der Waals surface area contributed by atoms with E-state index in [4.69, 9.17) is 21.3 Å². The summed E-state index contributed by atoms with van der Waals surface area (Å²) in [6.07, 6.45) is 10.1. The van der Waals surface area contributed by atoms with Gasteiger partial charge in [-0.15, -0.1) is 0 Å². The zero-order valence-corrected chi connectivity index (χ0v) is 37.8. The lowest BCUT2D eigenvalue weighted by atomic mass is 9.87. The number of piperidine rings is 1. The SMILES string of the molecule is Cc1cc(S(=O)(=O)NCCOC2CCC(CN3CCN(c4ccc5c(c4)n(C)c(=O)n5C4CCC(=O)NC4=O)CC3)CC2)ccc1Nc1ncc2cc(Cl)c(=O)n(C3CCCC3)c2n1. The number of fused-ring (bicyclic) bond motifs is 2. The second kappa shape index (κ2) is 18.4. The zero-order chi connectivity index (χ0) is 44.7. The van der Waals surface area contributed by atoms with E-state index in [0.29, 0.717) is 46.1 Å². The molecule has 1 atom stereocenters. The maximum atomic E-state index is 13.3. The minimum absolute atomic E-state index is 0.0379. The topological polar surface area (TPSA) is 195 Å². The number of imide groups is 1. The Bertz CT molecular complexity index is 2820. The molecule has 17 nitrogen and oxygen atoms in total. The Hall–Kier alpha value is -5.14. The number of carbonyl (C=O) groups excluding carboxylic acids is 2. The first-order chi connectivity index (χ1) is 30.8. The maximum absolute atomic E-state index is 13.3. The minimum atomic E-state index is -3.78. The van der Waals surface area contributed by atoms with E-state index in [0.717, 1.165) is 95.3 Å². The Labute approximate surface area is 376 Å². The van der Waals surface area contributed by atoms with E-state index < -0.39 is 22.0 Å². The van der Waals surface area contributed by atoms with Gasteiger partial charge in [-0.3, -0.25) is 38.3 Å². The third-order valence-electron chi connectivity index (χ3n) is 13.6. The number of halogens is 1. The number of aromatic nitrogens is 5. The first-order valence-electron chi connectivity index (χ1n) is 22.4. The van der Waals surface area contributed by atoms with Gasteiger partial charge in [-0.2, -0.15) is 4.98 Å². The summed E-state index contributed by atoms with van der Waals surface area (Å²) in [6.45, 7) is 6.90. The molecule has 4 fully saturated rings. The van der Waals surface area contributed by atoms with Gasteiger partial charge in [-0.1, -0.05) is 24.4 Å². The summed E-state index contributed by atoms with van der Waals surface area (Å²) in [7, 11) is -2.06. The Balaban J connectivity index is 0.712. The number of ether oxygens (including phenoxy) is 1. The van der Waals surface area contributed by atoms with Crippen molar-refractivity contribution < 1.29 is 22.7 Å². The normalized spacial score (nSPS) is 21.5. The second-order valence-electron chi connectivity index (χ2n) is 17.7. The standard InChI is InChI=1S/C45H55ClN10O7S/c1-28-23-34(12-13-36(28)49-44-47-26-30-24-35(46)43(59)55(41(30)51-44)31-5-3-4-6-31)64(61,62)48-17-22-63-33-10-7-29(8-11-33)27-53-18-20-54(21-19-53)32-9-14-37-39(25-32)52(2)45(60)56(37)38-15-16-40(57)50-42(38)58/h9,12-14,23-26,29,31,33,38,48H,3-8,10-11,15-22,27H2,1-2H3,(H,47,49,51)(H,50,57,58). The lowest BCUT2D eigenvalue weighted by Crippen LogP contribution is -2.48. The molecule has 2 aromatic carbocycles. The van der Waals surface area contributed by atoms with Gasteiger partial charge < -0.3 is 15.0 Å². The predicted molar refractivity (Wildman–Crippen MR) is 245 cm³/mol. The molecule has 5 heterocycles. The molecule has 3 N–H and O–H groups in total. The summed E-state index contributed by atoms with van der Waals surface area (Å²) in [5.41, 5.74) is 3.82. The highest BCUT2D eigenvalue weighted by Crippen LogP contribution is 2.33. The monoisotopic (exact) mass is 914 g/mol. The van der Waals surface area contributed by atoms with Crippen LogP contribution in [0.25, 0.3) is 22.1 Å². The highest BCUT2D eigenvalue weighted by Gasteiger charge is 2.32. The van der Waals surface area contributed by atoms with Crippen LogP contribution in [0, 0.1) is 12.8 Å². The summed E-state index contributed by atoms with van der Waals surface area (Å²) >= 11 is 6.28. The van der Waals surface area contributed by atoms with Crippen LogP contribution < -0.4 is 31.5 Å². The average Bonchev–Trinajstić information content (AvgIpc) is 3.90. The number of hydrogen-bond acceptors (Lipinski definition) is 12. The fourth-order valence-electron chi connectivity index (χ4n) is 10.0. The molecule has 19 heteroatoms. The van der Waals surface area contributed by atoms with Gasteiger partial charge in [0.25, 0.3) is 5.56 Å². The lowest BCUT2D eigenvalue weighted by Gasteiger charge is -2.39. The van der Waals surface area contributed by atoms with Gasteiger partial charge in [0.1, 0.15) is 16.7 Å². The van der Waals surface area contributed by atoms with Crippen molar-refractivity contribution in [2.45, 2.75) is 94.2 Å². The summed E-state index contributed by atoms with van der Waals surface area (Å²) in [5, 5.41) is 6.39. The van der Waals surface area contributed by atoms with Gasteiger partial charge in [0.05, 0.1) is 28.6 Å². The molecule has 3 aromatic heterocycles. The van der Waals surface area contributed by atoms with Crippen molar-refractivity contribution in [2.24, 2.45) is 13.0 Å². The van der Waals surface area contributed by atoms with Crippen molar-refractivity contribution in [3.8, 4) is 0 Å². The fourth-order valence-corrected chi connectivity index (χ4v) is 11.3. The number of amides is 2. The molecule has 2 amide bonds. The number of aryl methyl sites for hydroxylation is 2. The number of rotatable bonds is 13. The molecule has 340 valence electrons. The number of nitrogens with zero attached hydrogens (tertiary/aromatic N) is 7. The summed E-state index contributed by atoms with van der Waals surface area (Å²) in [4.78, 5) is 64.7. The molecule has 0 spiro atoms. The van der Waals surface area contributed by atoms with Gasteiger partial charge in [0.2, 0.25) is 27.8 Å². The largest absolute Gasteiger partial charge is 0.377 e. The van der Waals surface area contributed by atoms with E-state index in [1.165, 1.54) is 4.57 Å². The predicted octanol–water partition coefficient (Wildman–Crippen LogP) is 4.92. The van der Waals surface area contributed by atoms with E-state index in [1.54, 1.807) is 46.6 Å². The molecule has 0 bridgehead atoms. The molecule has 4 aliphatic rings. The second-order valence-corrected chi connectivity index (χ2v) is 19.9. The number of pyridine rings is 1. The van der Waals surface area contributed by atoms with Gasteiger partial charge in [-0.25, -0.2) is 22.9 Å². The number of piperazine rings is 1. The summed E-state index contributed by atoms with van der Waals surface area (Å²) < 4.78 is 40.1. The summed E-state index contributed by atoms with van der Waals surface area (Å²) in [5.74, 6) is 0.132. The number of hydrogen-bond donors (Lipinski definition) is 3. The van der Waals surface area contributed by atoms with Crippen LogP contribution in [0.4, 0.5) is 17.3 Å². The van der Waals surface area contributed by atoms with Gasteiger partial charge in [-0.05, 0) is 106 Å². The van der Waals surface area contributed by atoms with Crippen molar-refractivity contribution in [2.75, 3.05) is 56.1 Å². The molecule has 5 aromatic rings. The fraction of sp³-hybridized carbons (Fsp3) is 0.511. The van der Waals surface area contributed by atoms with Crippen molar-refractivity contribution in [1.29, 1.82) is 0 Å². The molecule has 2 saturated carbocycles. The van der Waals surface area contributed by atoms with Crippen molar-refractivity contribution in [1.82, 2.24) is 38.6 Å². The maximum Gasteiger partial charge on any atom is 0.329 e. The number of sulfonamides is 1. The van der Waals surface area contributed by atoms with Crippen LogP contribution in [0.5, 0.6) is 0 Å². The van der Waals surface area contributed by atoms with E-state index in [-0.39, 0.29) is 58.8 Å². The molecule has 1 unspecified atom stereocenters. The van der Waals surface area contributed by atoms with E-state index >= 15 is 0 Å². The van der Waals surface area contributed by atoms with E-state index in [9.17, 15) is 27.6 Å². The first-order valence-corrected chi connectivity index (χ1v) is 24.3. The van der Waals surface area contributed by atoms with Crippen molar-refractivity contribution in [3.63, 3.8) is 0 Å². The third kappa shape index (κ3) is 9.07. The Morgan fingerprint density at radius 3 is 2.39 bits per heavy atom. The Kier molecular flexibility index (Phi) is 12.7. The Morgan fingerprint density at radius 1 is 0.891 bits per heavy atom. The van der Waals surface area contributed by atoms with Crippen LogP contribution in [-0.2, 0) is 31.4 Å². The van der Waals surface area contributed by atoms with Gasteiger partial charge in [0, 0.05) is 81.7 Å². The summed E-state index contributed by atoms with van der Waals surface area (Å²) in [6, 6.07) is 11.7. The van der Waals surface area contributed by atoms with Crippen LogP contribution in [0.1, 0.15) is 81.9 Å². The number of imidazole rings is 1. The van der Waals surface area contributed by atoms with Crippen LogP contribution in [-0.4, -0.2) is 101 Å². The number of carbonyl (C=O) groups is 2. The molecular formula is C45H55ClN10O7S. The third-order valence-corrected chi connectivity index (χ3v) is 15.3. The van der Waals surface area contributed by atoms with Gasteiger partial charge >= 0.3 is 5.69 Å². The number of anilines is 3. The highest BCUT2D eigenvalue weighted by atomic mass is 35.5. The molecular weight excluding hydrogens is 860 g/mol. The smallest absolute Gasteiger partial charge is 0.329 e. The van der Waals surface area contributed by atoms with Crippen LogP contribution in [0.15, 0.2) is 63.1 Å². The molecule has 2 aliphatic carbocycles. The van der Waals surface area contributed by atoms with E-state index in [1.807, 2.05) is 25.1 Å². The Morgan fingerprint density at radius 2 is 1.66 bits per heavy atom. The lowest BCUT2D eigenvalue weighted by molar-refractivity contribution is -0.135.